The van der Waals surface area contributed by atoms with Crippen LogP contribution in [0.15, 0.2) is 24.3 Å². The first-order chi connectivity index (χ1) is 10.1. The van der Waals surface area contributed by atoms with Gasteiger partial charge >= 0.3 is 6.09 Å². The zero-order valence-corrected chi connectivity index (χ0v) is 12.1. The summed E-state index contributed by atoms with van der Waals surface area (Å²) in [5, 5.41) is 2.74. The van der Waals surface area contributed by atoms with Gasteiger partial charge in [-0.2, -0.15) is 0 Å². The van der Waals surface area contributed by atoms with Crippen molar-refractivity contribution in [3.63, 3.8) is 0 Å². The van der Waals surface area contributed by atoms with Crippen LogP contribution in [0, 0.1) is 0 Å². The minimum atomic E-state index is -0.761. The number of rotatable bonds is 5. The molecule has 0 aromatic heterocycles. The fraction of sp³-hybridized carbons (Fsp3) is 0.357. The maximum Gasteiger partial charge on any atom is 0.425 e. The molecule has 0 atom stereocenters. The van der Waals surface area contributed by atoms with Crippen LogP contribution in [-0.4, -0.2) is 25.0 Å². The Balaban J connectivity index is 2.51. The standard InChI is InChI=1S/C14H19N3O4/c1-3-4-5-12(18)15-11-8-6-10(7-9-11)13(19)16-17-14(20)21-2/h6-9H,3-5H2,1-2H3,(H,15,18)(H,16,19)(H,17,20). The second kappa shape index (κ2) is 8.57. The van der Waals surface area contributed by atoms with E-state index >= 15 is 0 Å². The first-order valence-electron chi connectivity index (χ1n) is 6.61. The molecule has 7 heteroatoms. The maximum absolute atomic E-state index is 11.7. The van der Waals surface area contributed by atoms with Crippen LogP contribution in [0.1, 0.15) is 36.5 Å². The van der Waals surface area contributed by atoms with Crippen LogP contribution in [0.3, 0.4) is 0 Å². The van der Waals surface area contributed by atoms with Gasteiger partial charge in [0.2, 0.25) is 5.91 Å². The average Bonchev–Trinajstić information content (AvgIpc) is 2.50. The molecule has 0 spiro atoms. The maximum atomic E-state index is 11.7. The molecule has 0 radical (unpaired) electrons. The number of methoxy groups -OCH3 is 1. The molecule has 1 aromatic carbocycles. The highest BCUT2D eigenvalue weighted by atomic mass is 16.5. The number of carbonyl (C=O) groups is 3. The molecule has 0 fully saturated rings. The molecule has 0 aliphatic heterocycles. The van der Waals surface area contributed by atoms with Gasteiger partial charge in [-0.1, -0.05) is 13.3 Å². The summed E-state index contributed by atoms with van der Waals surface area (Å²) in [5.41, 5.74) is 5.22. The number of hydrogen-bond acceptors (Lipinski definition) is 4. The van der Waals surface area contributed by atoms with Gasteiger partial charge in [0.05, 0.1) is 7.11 Å². The zero-order valence-electron chi connectivity index (χ0n) is 12.1. The molecule has 7 nitrogen and oxygen atoms in total. The molecular formula is C14H19N3O4. The van der Waals surface area contributed by atoms with Gasteiger partial charge in [-0.3, -0.25) is 15.0 Å². The van der Waals surface area contributed by atoms with Gasteiger partial charge in [-0.25, -0.2) is 10.2 Å². The quantitative estimate of drug-likeness (QED) is 0.721. The van der Waals surface area contributed by atoms with Gasteiger partial charge in [0.15, 0.2) is 0 Å². The van der Waals surface area contributed by atoms with Gasteiger partial charge in [0.25, 0.3) is 5.91 Å². The van der Waals surface area contributed by atoms with Crippen LogP contribution in [0.5, 0.6) is 0 Å². The molecule has 21 heavy (non-hydrogen) atoms. The van der Waals surface area contributed by atoms with Crippen LogP contribution in [0.25, 0.3) is 0 Å². The summed E-state index contributed by atoms with van der Waals surface area (Å²) in [4.78, 5) is 34.0. The summed E-state index contributed by atoms with van der Waals surface area (Å²) in [7, 11) is 1.19. The van der Waals surface area contributed by atoms with Gasteiger partial charge < -0.3 is 10.1 Å². The molecule has 1 rings (SSSR count). The third-order valence-electron chi connectivity index (χ3n) is 2.65. The number of hydrogen-bond donors (Lipinski definition) is 3. The monoisotopic (exact) mass is 293 g/mol. The SMILES string of the molecule is CCCCC(=O)Nc1ccc(C(=O)NNC(=O)OC)cc1. The molecule has 114 valence electrons. The Morgan fingerprint density at radius 3 is 2.33 bits per heavy atom. The second-order valence-electron chi connectivity index (χ2n) is 4.30. The van der Waals surface area contributed by atoms with Crippen molar-refractivity contribution in [3.05, 3.63) is 29.8 Å². The van der Waals surface area contributed by atoms with Crippen molar-refractivity contribution >= 4 is 23.6 Å². The Morgan fingerprint density at radius 1 is 1.10 bits per heavy atom. The van der Waals surface area contributed by atoms with E-state index in [0.29, 0.717) is 17.7 Å². The Hall–Kier alpha value is -2.57. The molecule has 0 aliphatic carbocycles. The zero-order chi connectivity index (χ0) is 15.7. The second-order valence-corrected chi connectivity index (χ2v) is 4.30. The molecular weight excluding hydrogens is 274 g/mol. The molecule has 0 unspecified atom stereocenters. The van der Waals surface area contributed by atoms with E-state index in [1.165, 1.54) is 7.11 Å². The first-order valence-corrected chi connectivity index (χ1v) is 6.61. The minimum Gasteiger partial charge on any atom is -0.452 e. The van der Waals surface area contributed by atoms with E-state index in [-0.39, 0.29) is 5.91 Å². The van der Waals surface area contributed by atoms with Crippen molar-refractivity contribution in [3.8, 4) is 0 Å². The average molecular weight is 293 g/mol. The van der Waals surface area contributed by atoms with E-state index in [0.717, 1.165) is 12.8 Å². The fourth-order valence-electron chi connectivity index (χ4n) is 1.50. The first kappa shape index (κ1) is 16.5. The Morgan fingerprint density at radius 2 is 1.76 bits per heavy atom. The lowest BCUT2D eigenvalue weighted by atomic mass is 10.2. The normalized spacial score (nSPS) is 9.62. The smallest absolute Gasteiger partial charge is 0.425 e. The Kier molecular flexibility index (Phi) is 6.73. The van der Waals surface area contributed by atoms with Crippen molar-refractivity contribution < 1.29 is 19.1 Å². The highest BCUT2D eigenvalue weighted by Gasteiger charge is 2.07. The van der Waals surface area contributed by atoms with Crippen molar-refractivity contribution in [2.75, 3.05) is 12.4 Å². The lowest BCUT2D eigenvalue weighted by Crippen LogP contribution is -2.41. The lowest BCUT2D eigenvalue weighted by molar-refractivity contribution is -0.116. The predicted octanol–water partition coefficient (Wildman–Crippen LogP) is 1.82. The van der Waals surface area contributed by atoms with E-state index in [1.54, 1.807) is 24.3 Å². The van der Waals surface area contributed by atoms with Crippen LogP contribution in [0.2, 0.25) is 0 Å². The highest BCUT2D eigenvalue weighted by molar-refractivity contribution is 5.96. The summed E-state index contributed by atoms with van der Waals surface area (Å²) in [6.07, 6.45) is 1.51. The number of nitrogens with one attached hydrogen (secondary N) is 3. The van der Waals surface area contributed by atoms with Crippen molar-refractivity contribution in [1.29, 1.82) is 0 Å². The highest BCUT2D eigenvalue weighted by Crippen LogP contribution is 2.10. The molecule has 0 saturated heterocycles. The van der Waals surface area contributed by atoms with Crippen LogP contribution in [-0.2, 0) is 9.53 Å². The summed E-state index contributed by atoms with van der Waals surface area (Å²) < 4.78 is 4.32. The number of ether oxygens (including phenoxy) is 1. The topological polar surface area (TPSA) is 96.5 Å². The van der Waals surface area contributed by atoms with E-state index in [9.17, 15) is 14.4 Å². The number of unbranched alkanes of at least 4 members (excludes halogenated alkanes) is 1. The molecule has 3 amide bonds. The number of anilines is 1. The number of benzene rings is 1. The van der Waals surface area contributed by atoms with E-state index in [4.69, 9.17) is 0 Å². The van der Waals surface area contributed by atoms with Gasteiger partial charge in [0, 0.05) is 17.7 Å². The van der Waals surface area contributed by atoms with E-state index in [1.807, 2.05) is 6.92 Å². The lowest BCUT2D eigenvalue weighted by Gasteiger charge is -2.07. The van der Waals surface area contributed by atoms with Crippen molar-refractivity contribution in [2.45, 2.75) is 26.2 Å². The van der Waals surface area contributed by atoms with Crippen LogP contribution in [0.4, 0.5) is 10.5 Å². The Labute approximate surface area is 123 Å². The third-order valence-corrected chi connectivity index (χ3v) is 2.65. The number of hydrazine groups is 1. The number of carbonyl (C=O) groups excluding carboxylic acids is 3. The van der Waals surface area contributed by atoms with Crippen LogP contribution >= 0.6 is 0 Å². The van der Waals surface area contributed by atoms with Gasteiger partial charge in [0.1, 0.15) is 0 Å². The molecule has 1 aromatic rings. The Bertz CT molecular complexity index is 499. The predicted molar refractivity (Wildman–Crippen MR) is 77.6 cm³/mol. The van der Waals surface area contributed by atoms with Crippen molar-refractivity contribution in [2.24, 2.45) is 0 Å². The van der Waals surface area contributed by atoms with Crippen LogP contribution < -0.4 is 16.2 Å². The number of amides is 3. The van der Waals surface area contributed by atoms with Gasteiger partial charge in [-0.05, 0) is 30.7 Å². The summed E-state index contributed by atoms with van der Waals surface area (Å²) in [6.45, 7) is 2.02. The minimum absolute atomic E-state index is 0.0543. The van der Waals surface area contributed by atoms with E-state index in [2.05, 4.69) is 20.9 Å². The summed E-state index contributed by atoms with van der Waals surface area (Å²) >= 11 is 0. The molecule has 0 saturated carbocycles. The van der Waals surface area contributed by atoms with Gasteiger partial charge in [-0.15, -0.1) is 0 Å². The van der Waals surface area contributed by atoms with E-state index < -0.39 is 12.0 Å². The fourth-order valence-corrected chi connectivity index (χ4v) is 1.50. The molecule has 0 bridgehead atoms. The summed E-state index contributed by atoms with van der Waals surface area (Å²) in [6, 6.07) is 6.33. The molecule has 0 heterocycles. The largest absolute Gasteiger partial charge is 0.452 e. The van der Waals surface area contributed by atoms with Crippen molar-refractivity contribution in [1.82, 2.24) is 10.9 Å². The summed E-state index contributed by atoms with van der Waals surface area (Å²) in [5.74, 6) is -0.536. The molecule has 3 N–H and O–H groups in total. The third kappa shape index (κ3) is 5.94. The molecule has 0 aliphatic rings.